The number of anilines is 1. The highest BCUT2D eigenvalue weighted by Crippen LogP contribution is 2.44. The normalized spacial score (nSPS) is 11.6. The van der Waals surface area contributed by atoms with Crippen molar-refractivity contribution in [2.75, 3.05) is 12.5 Å². The molecule has 34 heavy (non-hydrogen) atoms. The van der Waals surface area contributed by atoms with Gasteiger partial charge in [-0.05, 0) is 48.5 Å². The molecule has 1 aliphatic heterocycles. The van der Waals surface area contributed by atoms with Gasteiger partial charge in [-0.2, -0.15) is 5.26 Å². The maximum Gasteiger partial charge on any atom is 0.281 e. The van der Waals surface area contributed by atoms with Crippen LogP contribution in [0.5, 0.6) is 23.0 Å². The van der Waals surface area contributed by atoms with Gasteiger partial charge < -0.3 is 19.9 Å². The maximum absolute atomic E-state index is 11.8. The SMILES string of the molecule is N#Cc1c(-c2cc3c(cc2[N+](=O)[O-])OCO3)cc(-c2ccc(Oc3ccccc3)cc2)nc1N. The molecular weight excluding hydrogens is 436 g/mol. The summed E-state index contributed by atoms with van der Waals surface area (Å²) < 4.78 is 16.5. The monoisotopic (exact) mass is 452 g/mol. The van der Waals surface area contributed by atoms with Gasteiger partial charge in [-0.25, -0.2) is 4.98 Å². The highest BCUT2D eigenvalue weighted by molar-refractivity contribution is 5.86. The van der Waals surface area contributed by atoms with Crippen LogP contribution in [0.4, 0.5) is 11.5 Å². The van der Waals surface area contributed by atoms with Gasteiger partial charge in [0, 0.05) is 11.1 Å². The van der Waals surface area contributed by atoms with Crippen molar-refractivity contribution in [3.05, 3.63) is 88.5 Å². The molecule has 0 radical (unpaired) electrons. The molecule has 0 saturated carbocycles. The van der Waals surface area contributed by atoms with Gasteiger partial charge in [-0.15, -0.1) is 0 Å². The van der Waals surface area contributed by atoms with Gasteiger partial charge in [0.25, 0.3) is 5.69 Å². The fourth-order valence-corrected chi connectivity index (χ4v) is 3.66. The number of ether oxygens (including phenoxy) is 3. The summed E-state index contributed by atoms with van der Waals surface area (Å²) in [4.78, 5) is 15.6. The van der Waals surface area contributed by atoms with Gasteiger partial charge in [-0.3, -0.25) is 10.1 Å². The van der Waals surface area contributed by atoms with Gasteiger partial charge in [0.15, 0.2) is 11.5 Å². The van der Waals surface area contributed by atoms with Gasteiger partial charge in [0.05, 0.1) is 22.2 Å². The number of pyridine rings is 1. The van der Waals surface area contributed by atoms with Gasteiger partial charge in [-0.1, -0.05) is 18.2 Å². The number of nitrogens with two attached hydrogens (primary N) is 1. The summed E-state index contributed by atoms with van der Waals surface area (Å²) in [5.74, 6) is 1.91. The molecule has 0 unspecified atom stereocenters. The average molecular weight is 452 g/mol. The lowest BCUT2D eigenvalue weighted by Crippen LogP contribution is -2.01. The number of aromatic nitrogens is 1. The second-order valence-corrected chi connectivity index (χ2v) is 7.35. The standard InChI is InChI=1S/C25H16N4O5/c26-13-20-18(19-11-23-24(33-14-32-23)12-22(19)29(30)31)10-21(28-25(20)27)15-6-8-17(9-7-15)34-16-4-2-1-3-5-16/h1-12H,14H2,(H2,27,28). The van der Waals surface area contributed by atoms with Crippen LogP contribution in [0.2, 0.25) is 0 Å². The molecule has 0 saturated heterocycles. The fourth-order valence-electron chi connectivity index (χ4n) is 3.66. The molecule has 0 fully saturated rings. The minimum atomic E-state index is -0.537. The van der Waals surface area contributed by atoms with Crippen LogP contribution in [-0.4, -0.2) is 16.7 Å². The Morgan fingerprint density at radius 3 is 2.32 bits per heavy atom. The topological polar surface area (TPSA) is 134 Å². The third-order valence-corrected chi connectivity index (χ3v) is 5.27. The molecule has 0 bridgehead atoms. The van der Waals surface area contributed by atoms with Crippen LogP contribution in [0.15, 0.2) is 72.8 Å². The van der Waals surface area contributed by atoms with Crippen LogP contribution in [0.25, 0.3) is 22.4 Å². The number of fused-ring (bicyclic) bond motifs is 1. The molecule has 4 aromatic rings. The van der Waals surface area contributed by atoms with Crippen molar-refractivity contribution in [1.82, 2.24) is 4.98 Å². The third-order valence-electron chi connectivity index (χ3n) is 5.27. The third kappa shape index (κ3) is 3.80. The van der Waals surface area contributed by atoms with Crippen LogP contribution in [0, 0.1) is 21.4 Å². The lowest BCUT2D eigenvalue weighted by Gasteiger charge is -2.12. The van der Waals surface area contributed by atoms with Crippen molar-refractivity contribution in [3.8, 4) is 51.5 Å². The Morgan fingerprint density at radius 2 is 1.65 bits per heavy atom. The Kier molecular flexibility index (Phi) is 5.16. The van der Waals surface area contributed by atoms with Gasteiger partial charge in [0.2, 0.25) is 6.79 Å². The van der Waals surface area contributed by atoms with Crippen molar-refractivity contribution in [1.29, 1.82) is 5.26 Å². The lowest BCUT2D eigenvalue weighted by atomic mass is 9.96. The number of benzene rings is 3. The van der Waals surface area contributed by atoms with E-state index >= 15 is 0 Å². The van der Waals surface area contributed by atoms with Crippen molar-refractivity contribution in [3.63, 3.8) is 0 Å². The number of nitro groups is 1. The highest BCUT2D eigenvalue weighted by atomic mass is 16.7. The van der Waals surface area contributed by atoms with E-state index in [-0.39, 0.29) is 40.7 Å². The highest BCUT2D eigenvalue weighted by Gasteiger charge is 2.27. The molecule has 2 N–H and O–H groups in total. The molecule has 2 heterocycles. The Morgan fingerprint density at radius 1 is 0.971 bits per heavy atom. The van der Waals surface area contributed by atoms with Crippen LogP contribution in [-0.2, 0) is 0 Å². The van der Waals surface area contributed by atoms with E-state index in [1.807, 2.05) is 36.4 Å². The van der Waals surface area contributed by atoms with Crippen LogP contribution >= 0.6 is 0 Å². The fraction of sp³-hybridized carbons (Fsp3) is 0.0400. The molecule has 166 valence electrons. The van der Waals surface area contributed by atoms with Crippen molar-refractivity contribution >= 4 is 11.5 Å². The van der Waals surface area contributed by atoms with Crippen molar-refractivity contribution < 1.29 is 19.1 Å². The predicted molar refractivity (Wildman–Crippen MR) is 124 cm³/mol. The van der Waals surface area contributed by atoms with E-state index < -0.39 is 4.92 Å². The molecule has 0 atom stereocenters. The Bertz CT molecular complexity index is 1450. The minimum absolute atomic E-state index is 0.0356. The smallest absolute Gasteiger partial charge is 0.281 e. The summed E-state index contributed by atoms with van der Waals surface area (Å²) in [7, 11) is 0. The minimum Gasteiger partial charge on any atom is -0.457 e. The average Bonchev–Trinajstić information content (AvgIpc) is 3.31. The number of hydrogen-bond donors (Lipinski definition) is 1. The van der Waals surface area contributed by atoms with Crippen molar-refractivity contribution in [2.24, 2.45) is 0 Å². The first-order chi connectivity index (χ1) is 16.5. The van der Waals surface area contributed by atoms with E-state index in [1.165, 1.54) is 12.1 Å². The Balaban J connectivity index is 1.58. The number of nitrogens with zero attached hydrogens (tertiary/aromatic N) is 3. The molecule has 0 aliphatic carbocycles. The summed E-state index contributed by atoms with van der Waals surface area (Å²) in [6, 6.07) is 22.9. The first-order valence-electron chi connectivity index (χ1n) is 10.2. The predicted octanol–water partition coefficient (Wildman–Crippen LogP) is 5.30. The van der Waals surface area contributed by atoms with E-state index in [1.54, 1.807) is 30.3 Å². The number of nitro benzene ring substituents is 1. The second kappa shape index (κ2) is 8.44. The number of nitriles is 1. The molecule has 5 rings (SSSR count). The zero-order valence-electron chi connectivity index (χ0n) is 17.6. The van der Waals surface area contributed by atoms with Gasteiger partial charge in [0.1, 0.15) is 28.9 Å². The van der Waals surface area contributed by atoms with Gasteiger partial charge >= 0.3 is 0 Å². The quantitative estimate of drug-likeness (QED) is 0.318. The molecule has 0 spiro atoms. The van der Waals surface area contributed by atoms with Crippen LogP contribution in [0.3, 0.4) is 0 Å². The summed E-state index contributed by atoms with van der Waals surface area (Å²) in [6.07, 6.45) is 0. The molecule has 9 nitrogen and oxygen atoms in total. The summed E-state index contributed by atoms with van der Waals surface area (Å²) in [5.41, 5.74) is 7.51. The molecule has 9 heteroatoms. The van der Waals surface area contributed by atoms with E-state index in [0.717, 1.165) is 0 Å². The zero-order chi connectivity index (χ0) is 23.7. The van der Waals surface area contributed by atoms with Crippen LogP contribution in [0.1, 0.15) is 5.56 Å². The number of nitrogen functional groups attached to an aromatic ring is 1. The Labute approximate surface area is 193 Å². The van der Waals surface area contributed by atoms with Crippen molar-refractivity contribution in [2.45, 2.75) is 0 Å². The van der Waals surface area contributed by atoms with E-state index in [2.05, 4.69) is 4.98 Å². The molecular formula is C25H16N4O5. The number of hydrogen-bond acceptors (Lipinski definition) is 8. The largest absolute Gasteiger partial charge is 0.457 e. The summed E-state index contributed by atoms with van der Waals surface area (Å²) in [6.45, 7) is -0.0395. The van der Waals surface area contributed by atoms with Crippen LogP contribution < -0.4 is 19.9 Å². The number of rotatable bonds is 5. The lowest BCUT2D eigenvalue weighted by molar-refractivity contribution is -0.384. The second-order valence-electron chi connectivity index (χ2n) is 7.35. The summed E-state index contributed by atoms with van der Waals surface area (Å²) >= 11 is 0. The first-order valence-corrected chi connectivity index (χ1v) is 10.2. The zero-order valence-corrected chi connectivity index (χ0v) is 17.6. The molecule has 1 aromatic heterocycles. The first kappa shape index (κ1) is 20.8. The molecule has 1 aliphatic rings. The molecule has 3 aromatic carbocycles. The number of para-hydroxylation sites is 1. The molecule has 0 amide bonds. The van der Waals surface area contributed by atoms with E-state index in [0.29, 0.717) is 28.5 Å². The van der Waals surface area contributed by atoms with E-state index in [9.17, 15) is 15.4 Å². The Hall–Kier alpha value is -5.10. The van der Waals surface area contributed by atoms with E-state index in [4.69, 9.17) is 19.9 Å². The maximum atomic E-state index is 11.8. The summed E-state index contributed by atoms with van der Waals surface area (Å²) in [5, 5.41) is 21.5.